The van der Waals surface area contributed by atoms with Crippen molar-refractivity contribution in [2.24, 2.45) is 0 Å². The largest absolute Gasteiger partial charge is 0.399 e. The van der Waals surface area contributed by atoms with Crippen molar-refractivity contribution in [3.05, 3.63) is 45.9 Å². The van der Waals surface area contributed by atoms with Crippen molar-refractivity contribution in [2.75, 3.05) is 5.73 Å². The predicted octanol–water partition coefficient (Wildman–Crippen LogP) is 2.22. The number of nitrogens with two attached hydrogens (primary N) is 1. The summed E-state index contributed by atoms with van der Waals surface area (Å²) in [5.74, 6) is -0.200. The van der Waals surface area contributed by atoms with Gasteiger partial charge in [0.25, 0.3) is 5.91 Å². The van der Waals surface area contributed by atoms with E-state index in [-0.39, 0.29) is 5.91 Å². The van der Waals surface area contributed by atoms with Crippen molar-refractivity contribution in [3.8, 4) is 0 Å². The van der Waals surface area contributed by atoms with Gasteiger partial charge in [-0.25, -0.2) is 0 Å². The number of rotatable bonds is 4. The Balaban J connectivity index is 1.96. The average molecular weight is 261 g/mol. The molecule has 18 heavy (non-hydrogen) atoms. The standard InChI is InChI=1S/C13H15N3OS/c1-2-10-3-4-11(18-10)8-16-13(17)12-7-9(14)5-6-15-12/h3-7H,2,8H2,1H3,(H2,14,15)(H,16,17). The third-order valence-electron chi connectivity index (χ3n) is 2.51. The van der Waals surface area contributed by atoms with Crippen LogP contribution < -0.4 is 11.1 Å². The maximum Gasteiger partial charge on any atom is 0.270 e. The fourth-order valence-electron chi connectivity index (χ4n) is 1.54. The molecule has 0 bridgehead atoms. The smallest absolute Gasteiger partial charge is 0.270 e. The summed E-state index contributed by atoms with van der Waals surface area (Å²) in [5.41, 5.74) is 6.50. The molecular weight excluding hydrogens is 246 g/mol. The number of nitrogens with one attached hydrogen (secondary N) is 1. The first-order chi connectivity index (χ1) is 8.69. The SMILES string of the molecule is CCc1ccc(CNC(=O)c2cc(N)ccn2)s1. The van der Waals surface area contributed by atoms with E-state index in [2.05, 4.69) is 23.3 Å². The molecule has 94 valence electrons. The number of nitrogen functional groups attached to an aromatic ring is 1. The molecule has 0 saturated carbocycles. The van der Waals surface area contributed by atoms with E-state index < -0.39 is 0 Å². The molecule has 0 unspecified atom stereocenters. The van der Waals surface area contributed by atoms with Crippen LogP contribution >= 0.6 is 11.3 Å². The summed E-state index contributed by atoms with van der Waals surface area (Å²) in [6, 6.07) is 7.35. The number of aromatic nitrogens is 1. The van der Waals surface area contributed by atoms with E-state index in [9.17, 15) is 4.79 Å². The van der Waals surface area contributed by atoms with Gasteiger partial charge >= 0.3 is 0 Å². The summed E-state index contributed by atoms with van der Waals surface area (Å²) in [6.07, 6.45) is 2.56. The minimum atomic E-state index is -0.200. The highest BCUT2D eigenvalue weighted by Crippen LogP contribution is 2.16. The van der Waals surface area contributed by atoms with Gasteiger partial charge in [0.1, 0.15) is 5.69 Å². The highest BCUT2D eigenvalue weighted by molar-refractivity contribution is 7.11. The third kappa shape index (κ3) is 3.07. The van der Waals surface area contributed by atoms with E-state index in [1.807, 2.05) is 6.07 Å². The van der Waals surface area contributed by atoms with Gasteiger partial charge in [0, 0.05) is 21.6 Å². The summed E-state index contributed by atoms with van der Waals surface area (Å²) < 4.78 is 0. The zero-order chi connectivity index (χ0) is 13.0. The number of hydrogen-bond donors (Lipinski definition) is 2. The van der Waals surface area contributed by atoms with Crippen LogP contribution in [0.2, 0.25) is 0 Å². The van der Waals surface area contributed by atoms with Gasteiger partial charge in [0.05, 0.1) is 6.54 Å². The summed E-state index contributed by atoms with van der Waals surface area (Å²) >= 11 is 1.71. The second kappa shape index (κ2) is 5.64. The molecule has 4 nitrogen and oxygen atoms in total. The molecule has 5 heteroatoms. The van der Waals surface area contributed by atoms with Crippen LogP contribution in [0.1, 0.15) is 27.2 Å². The van der Waals surface area contributed by atoms with E-state index in [1.54, 1.807) is 23.5 Å². The van der Waals surface area contributed by atoms with Crippen molar-refractivity contribution < 1.29 is 4.79 Å². The van der Waals surface area contributed by atoms with E-state index >= 15 is 0 Å². The van der Waals surface area contributed by atoms with Crippen molar-refractivity contribution in [1.29, 1.82) is 0 Å². The van der Waals surface area contributed by atoms with Crippen LogP contribution in [0.5, 0.6) is 0 Å². The molecule has 2 aromatic rings. The Morgan fingerprint density at radius 3 is 2.83 bits per heavy atom. The fourth-order valence-corrected chi connectivity index (χ4v) is 2.43. The quantitative estimate of drug-likeness (QED) is 0.886. The summed E-state index contributed by atoms with van der Waals surface area (Å²) in [6.45, 7) is 2.64. The van der Waals surface area contributed by atoms with E-state index in [4.69, 9.17) is 5.73 Å². The Morgan fingerprint density at radius 2 is 2.17 bits per heavy atom. The molecule has 0 aliphatic heterocycles. The van der Waals surface area contributed by atoms with E-state index in [0.717, 1.165) is 11.3 Å². The first kappa shape index (κ1) is 12.6. The van der Waals surface area contributed by atoms with E-state index in [1.165, 1.54) is 11.1 Å². The Hall–Kier alpha value is -1.88. The molecule has 2 rings (SSSR count). The van der Waals surface area contributed by atoms with Gasteiger partial charge in [-0.1, -0.05) is 6.92 Å². The molecular formula is C13H15N3OS. The van der Waals surface area contributed by atoms with Crippen molar-refractivity contribution in [3.63, 3.8) is 0 Å². The summed E-state index contributed by atoms with van der Waals surface area (Å²) in [4.78, 5) is 18.3. The number of carbonyl (C=O) groups is 1. The van der Waals surface area contributed by atoms with Crippen molar-refractivity contribution in [1.82, 2.24) is 10.3 Å². The Bertz CT molecular complexity index is 551. The number of nitrogens with zero attached hydrogens (tertiary/aromatic N) is 1. The number of thiophene rings is 1. The van der Waals surface area contributed by atoms with Gasteiger partial charge in [0.2, 0.25) is 0 Å². The van der Waals surface area contributed by atoms with E-state index in [0.29, 0.717) is 17.9 Å². The lowest BCUT2D eigenvalue weighted by atomic mass is 10.3. The number of pyridine rings is 1. The van der Waals surface area contributed by atoms with Crippen LogP contribution in [-0.4, -0.2) is 10.9 Å². The first-order valence-corrected chi connectivity index (χ1v) is 6.58. The topological polar surface area (TPSA) is 68.0 Å². The maximum atomic E-state index is 11.8. The van der Waals surface area contributed by atoms with Crippen molar-refractivity contribution in [2.45, 2.75) is 19.9 Å². The van der Waals surface area contributed by atoms with Crippen LogP contribution in [0.3, 0.4) is 0 Å². The molecule has 0 saturated heterocycles. The minimum absolute atomic E-state index is 0.200. The van der Waals surface area contributed by atoms with Crippen LogP contribution in [0.25, 0.3) is 0 Å². The minimum Gasteiger partial charge on any atom is -0.399 e. The Labute approximate surface area is 110 Å². The normalized spacial score (nSPS) is 10.3. The lowest BCUT2D eigenvalue weighted by molar-refractivity contribution is 0.0946. The molecule has 0 fully saturated rings. The predicted molar refractivity (Wildman–Crippen MR) is 73.5 cm³/mol. The van der Waals surface area contributed by atoms with Crippen LogP contribution in [0.15, 0.2) is 30.5 Å². The molecule has 0 aromatic carbocycles. The second-order valence-electron chi connectivity index (χ2n) is 3.88. The number of aryl methyl sites for hydroxylation is 1. The third-order valence-corrected chi connectivity index (χ3v) is 3.74. The van der Waals surface area contributed by atoms with Crippen LogP contribution in [-0.2, 0) is 13.0 Å². The summed E-state index contributed by atoms with van der Waals surface area (Å²) in [7, 11) is 0. The fraction of sp³-hybridized carbons (Fsp3) is 0.231. The molecule has 0 spiro atoms. The van der Waals surface area contributed by atoms with Crippen LogP contribution in [0.4, 0.5) is 5.69 Å². The lowest BCUT2D eigenvalue weighted by Gasteiger charge is -2.03. The molecule has 2 aromatic heterocycles. The number of amides is 1. The van der Waals surface area contributed by atoms with Gasteiger partial charge < -0.3 is 11.1 Å². The Kier molecular flexibility index (Phi) is 3.94. The maximum absolute atomic E-state index is 11.8. The average Bonchev–Trinajstić information content (AvgIpc) is 2.84. The zero-order valence-corrected chi connectivity index (χ0v) is 11.0. The van der Waals surface area contributed by atoms with Crippen LogP contribution in [0, 0.1) is 0 Å². The molecule has 2 heterocycles. The van der Waals surface area contributed by atoms with Gasteiger partial charge in [-0.05, 0) is 30.7 Å². The van der Waals surface area contributed by atoms with Gasteiger partial charge in [-0.3, -0.25) is 9.78 Å². The van der Waals surface area contributed by atoms with Gasteiger partial charge in [0.15, 0.2) is 0 Å². The number of carbonyl (C=O) groups excluding carboxylic acids is 1. The van der Waals surface area contributed by atoms with Gasteiger partial charge in [-0.2, -0.15) is 0 Å². The molecule has 3 N–H and O–H groups in total. The first-order valence-electron chi connectivity index (χ1n) is 5.76. The molecule has 0 radical (unpaired) electrons. The lowest BCUT2D eigenvalue weighted by Crippen LogP contribution is -2.23. The zero-order valence-electron chi connectivity index (χ0n) is 10.1. The second-order valence-corrected chi connectivity index (χ2v) is 5.13. The molecule has 1 amide bonds. The number of anilines is 1. The molecule has 0 atom stereocenters. The Morgan fingerprint density at radius 1 is 1.39 bits per heavy atom. The highest BCUT2D eigenvalue weighted by atomic mass is 32.1. The molecule has 0 aliphatic carbocycles. The molecule has 0 aliphatic rings. The highest BCUT2D eigenvalue weighted by Gasteiger charge is 2.07. The van der Waals surface area contributed by atoms with Gasteiger partial charge in [-0.15, -0.1) is 11.3 Å². The summed E-state index contributed by atoms with van der Waals surface area (Å²) in [5, 5.41) is 2.83. The van der Waals surface area contributed by atoms with Crippen molar-refractivity contribution >= 4 is 22.9 Å². The number of hydrogen-bond acceptors (Lipinski definition) is 4. The monoisotopic (exact) mass is 261 g/mol.